The van der Waals surface area contributed by atoms with Crippen molar-refractivity contribution in [3.63, 3.8) is 0 Å². The van der Waals surface area contributed by atoms with Gasteiger partial charge in [0.05, 0.1) is 12.5 Å². The van der Waals surface area contributed by atoms with Gasteiger partial charge in [-0.15, -0.1) is 0 Å². The van der Waals surface area contributed by atoms with Crippen LogP contribution in [0.25, 0.3) is 0 Å². The van der Waals surface area contributed by atoms with E-state index in [0.29, 0.717) is 4.90 Å². The molecule has 1 unspecified atom stereocenters. The Hall–Kier alpha value is -5.31. The van der Waals surface area contributed by atoms with Gasteiger partial charge in [-0.1, -0.05) is 30.3 Å². The first-order valence-corrected chi connectivity index (χ1v) is 11.3. The summed E-state index contributed by atoms with van der Waals surface area (Å²) < 4.78 is 0. The highest BCUT2D eigenvalue weighted by Gasteiger charge is 2.64. The summed E-state index contributed by atoms with van der Waals surface area (Å²) in [7, 11) is 0. The largest absolute Gasteiger partial charge is 0.481 e. The van der Waals surface area contributed by atoms with Gasteiger partial charge < -0.3 is 32.3 Å². The lowest BCUT2D eigenvalue weighted by Gasteiger charge is -2.43. The maximum Gasteiger partial charge on any atom is 0.360 e. The molecular weight excluding hydrogens is 514 g/mol. The van der Waals surface area contributed by atoms with Gasteiger partial charge in [-0.2, -0.15) is 0 Å². The number of anilines is 2. The summed E-state index contributed by atoms with van der Waals surface area (Å²) in [5.41, 5.74) is 8.02. The van der Waals surface area contributed by atoms with E-state index in [2.05, 4.69) is 10.6 Å². The molecule has 0 radical (unpaired) electrons. The minimum Gasteiger partial charge on any atom is -0.481 e. The van der Waals surface area contributed by atoms with Crippen molar-refractivity contribution >= 4 is 52.9 Å². The monoisotopic (exact) mass is 539 g/mol. The minimum atomic E-state index is -3.28. The lowest BCUT2D eigenvalue weighted by Crippen LogP contribution is -2.74. The predicted molar refractivity (Wildman–Crippen MR) is 135 cm³/mol. The number of hydrogen-bond donors (Lipinski definition) is 7. The summed E-state index contributed by atoms with van der Waals surface area (Å²) in [6.45, 7) is 0.769. The molecule has 1 saturated heterocycles. The summed E-state index contributed by atoms with van der Waals surface area (Å²) >= 11 is 0. The number of amides is 4. The molecule has 1 aliphatic heterocycles. The number of urea groups is 1. The van der Waals surface area contributed by atoms with Crippen LogP contribution in [0.5, 0.6) is 0 Å². The molecule has 0 aromatic heterocycles. The van der Waals surface area contributed by atoms with Gasteiger partial charge in [-0.05, 0) is 36.8 Å². The molecule has 4 amide bonds. The van der Waals surface area contributed by atoms with E-state index in [-0.39, 0.29) is 21.8 Å². The molecule has 15 nitrogen and oxygen atoms in total. The SMILES string of the molecule is CC(=O)[C@](C(=O)O)(N1C(=O)NC(c2cccc(NC(=N)N)c2)C1=O)N(C(=O)[C@@H](N)CC(=O)O)c1ccccc1. The fraction of sp³-hybridized carbons (Fsp3) is 0.208. The normalized spacial score (nSPS) is 17.0. The van der Waals surface area contributed by atoms with Crippen LogP contribution in [-0.2, 0) is 24.0 Å². The summed E-state index contributed by atoms with van der Waals surface area (Å²) in [6, 6.07) is 7.92. The van der Waals surface area contributed by atoms with Gasteiger partial charge in [0.15, 0.2) is 11.7 Å². The third-order valence-electron chi connectivity index (χ3n) is 5.82. The highest BCUT2D eigenvalue weighted by atomic mass is 16.4. The minimum absolute atomic E-state index is 0.117. The quantitative estimate of drug-likeness (QED) is 0.0900. The molecule has 15 heteroatoms. The number of Topliss-reactive ketones (excluding diaryl/α,β-unsaturated/α-hetero) is 1. The molecule has 0 bridgehead atoms. The van der Waals surface area contributed by atoms with E-state index in [1.54, 1.807) is 0 Å². The molecule has 39 heavy (non-hydrogen) atoms. The molecule has 0 saturated carbocycles. The van der Waals surface area contributed by atoms with Crippen molar-refractivity contribution in [1.82, 2.24) is 10.2 Å². The fourth-order valence-corrected chi connectivity index (χ4v) is 4.21. The molecule has 3 atom stereocenters. The first-order valence-electron chi connectivity index (χ1n) is 11.3. The Kier molecular flexibility index (Phi) is 7.95. The third-order valence-corrected chi connectivity index (χ3v) is 5.82. The molecule has 3 rings (SSSR count). The van der Waals surface area contributed by atoms with Crippen molar-refractivity contribution in [2.24, 2.45) is 11.5 Å². The highest BCUT2D eigenvalue weighted by molar-refractivity contribution is 6.23. The van der Waals surface area contributed by atoms with E-state index in [1.165, 1.54) is 54.6 Å². The number of guanidine groups is 1. The molecule has 1 aliphatic rings. The van der Waals surface area contributed by atoms with Crippen molar-refractivity contribution in [1.29, 1.82) is 5.41 Å². The van der Waals surface area contributed by atoms with Crippen molar-refractivity contribution in [3.05, 3.63) is 60.2 Å². The van der Waals surface area contributed by atoms with Crippen molar-refractivity contribution in [3.8, 4) is 0 Å². The lowest BCUT2D eigenvalue weighted by atomic mass is 9.96. The average molecular weight is 540 g/mol. The van der Waals surface area contributed by atoms with E-state index in [1.807, 2.05) is 0 Å². The first-order chi connectivity index (χ1) is 18.3. The standard InChI is InChI=1S/C24H25N7O8/c1-12(32)24(21(37)38,30(15-8-3-2-4-9-15)19(35)16(25)11-17(33)34)31-20(36)18(29-23(31)39)13-6-5-7-14(10-13)28-22(26)27/h2-10,16,18H,11,25H2,1H3,(H,29,39)(H,33,34)(H,37,38)(H4,26,27,28)/t16-,18?,24+/m0/s1. The summed E-state index contributed by atoms with van der Waals surface area (Å²) in [5, 5.41) is 31.8. The second kappa shape index (κ2) is 11.0. The molecule has 2 aromatic rings. The molecule has 9 N–H and O–H groups in total. The molecule has 0 spiro atoms. The van der Waals surface area contributed by atoms with Gasteiger partial charge in [0, 0.05) is 11.4 Å². The van der Waals surface area contributed by atoms with Crippen LogP contribution in [0, 0.1) is 5.41 Å². The van der Waals surface area contributed by atoms with Crippen LogP contribution in [0.1, 0.15) is 24.9 Å². The van der Waals surface area contributed by atoms with E-state index < -0.39 is 65.7 Å². The lowest BCUT2D eigenvalue weighted by molar-refractivity contribution is -0.161. The Bertz CT molecular complexity index is 1350. The molecule has 204 valence electrons. The van der Waals surface area contributed by atoms with E-state index in [0.717, 1.165) is 6.92 Å². The Labute approximate surface area is 220 Å². The maximum absolute atomic E-state index is 13.7. The Morgan fingerprint density at radius 2 is 1.77 bits per heavy atom. The van der Waals surface area contributed by atoms with Gasteiger partial charge in [0.2, 0.25) is 5.91 Å². The summed E-state index contributed by atoms with van der Waals surface area (Å²) in [6.07, 6.45) is -0.936. The van der Waals surface area contributed by atoms with Crippen molar-refractivity contribution in [2.45, 2.75) is 31.1 Å². The molecule has 2 aromatic carbocycles. The van der Waals surface area contributed by atoms with Crippen LogP contribution in [0.15, 0.2) is 54.6 Å². The van der Waals surface area contributed by atoms with Gasteiger partial charge in [0.1, 0.15) is 6.04 Å². The highest BCUT2D eigenvalue weighted by Crippen LogP contribution is 2.36. The van der Waals surface area contributed by atoms with Crippen molar-refractivity contribution < 1.29 is 39.0 Å². The number of nitrogens with two attached hydrogens (primary N) is 2. The second-order valence-electron chi connectivity index (χ2n) is 8.47. The average Bonchev–Trinajstić information content (AvgIpc) is 3.15. The van der Waals surface area contributed by atoms with Crippen LogP contribution in [0.2, 0.25) is 0 Å². The van der Waals surface area contributed by atoms with Gasteiger partial charge in [0.25, 0.3) is 11.6 Å². The van der Waals surface area contributed by atoms with Gasteiger partial charge >= 0.3 is 18.0 Å². The first kappa shape index (κ1) is 28.3. The zero-order chi connectivity index (χ0) is 29.1. The number of ketones is 1. The molecular formula is C24H25N7O8. The summed E-state index contributed by atoms with van der Waals surface area (Å²) in [4.78, 5) is 78.3. The Morgan fingerprint density at radius 3 is 2.31 bits per heavy atom. The maximum atomic E-state index is 13.7. The van der Waals surface area contributed by atoms with Crippen LogP contribution in [0.3, 0.4) is 0 Å². The molecule has 1 heterocycles. The number of hydrogen-bond acceptors (Lipinski definition) is 8. The van der Waals surface area contributed by atoms with E-state index in [9.17, 15) is 33.9 Å². The number of para-hydroxylation sites is 1. The Balaban J connectivity index is 2.22. The molecule has 1 fully saturated rings. The van der Waals surface area contributed by atoms with Crippen LogP contribution >= 0.6 is 0 Å². The van der Waals surface area contributed by atoms with Crippen molar-refractivity contribution in [2.75, 3.05) is 10.2 Å². The number of carboxylic acids is 2. The molecule has 0 aliphatic carbocycles. The number of nitrogens with zero attached hydrogens (tertiary/aromatic N) is 2. The fourth-order valence-electron chi connectivity index (χ4n) is 4.21. The summed E-state index contributed by atoms with van der Waals surface area (Å²) in [5.74, 6) is -7.80. The van der Waals surface area contributed by atoms with Crippen LogP contribution < -0.4 is 27.0 Å². The number of carbonyl (C=O) groups excluding carboxylic acids is 4. The van der Waals surface area contributed by atoms with Crippen LogP contribution in [0.4, 0.5) is 16.2 Å². The zero-order valence-electron chi connectivity index (χ0n) is 20.5. The Morgan fingerprint density at radius 1 is 1.13 bits per heavy atom. The zero-order valence-corrected chi connectivity index (χ0v) is 20.5. The number of imide groups is 1. The second-order valence-corrected chi connectivity index (χ2v) is 8.47. The number of carbonyl (C=O) groups is 6. The number of nitrogens with one attached hydrogen (secondary N) is 3. The van der Waals surface area contributed by atoms with E-state index >= 15 is 0 Å². The predicted octanol–water partition coefficient (Wildman–Crippen LogP) is -0.210. The van der Waals surface area contributed by atoms with Gasteiger partial charge in [-0.3, -0.25) is 29.5 Å². The smallest absolute Gasteiger partial charge is 0.360 e. The van der Waals surface area contributed by atoms with E-state index in [4.69, 9.17) is 22.0 Å². The number of rotatable bonds is 10. The number of benzene rings is 2. The topological polar surface area (TPSA) is 249 Å². The third kappa shape index (κ3) is 5.24. The van der Waals surface area contributed by atoms with Crippen LogP contribution in [-0.4, -0.2) is 68.3 Å². The van der Waals surface area contributed by atoms with Gasteiger partial charge in [-0.25, -0.2) is 14.5 Å². The number of carboxylic acid groups (broad SMARTS) is 2. The number of aliphatic carboxylic acids is 2.